The maximum absolute atomic E-state index is 12.9. The molecule has 8 heteroatoms. The number of carbonyl (C=O) groups is 3. The van der Waals surface area contributed by atoms with Crippen LogP contribution >= 0.6 is 11.6 Å². The third kappa shape index (κ3) is 3.54. The van der Waals surface area contributed by atoms with E-state index in [9.17, 15) is 18.8 Å². The van der Waals surface area contributed by atoms with Crippen molar-refractivity contribution in [2.24, 2.45) is 0 Å². The van der Waals surface area contributed by atoms with Crippen LogP contribution in [0.15, 0.2) is 18.2 Å². The number of urea groups is 1. The number of halogens is 2. The maximum atomic E-state index is 12.9. The zero-order valence-electron chi connectivity index (χ0n) is 11.9. The van der Waals surface area contributed by atoms with Gasteiger partial charge in [-0.25, -0.2) is 9.18 Å². The molecule has 4 amide bonds. The van der Waals surface area contributed by atoms with Gasteiger partial charge in [-0.1, -0.05) is 24.9 Å². The molecule has 1 aromatic rings. The van der Waals surface area contributed by atoms with Gasteiger partial charge in [0.25, 0.3) is 5.91 Å². The number of carbonyl (C=O) groups excluding carboxylic acids is 3. The molecule has 0 radical (unpaired) electrons. The Hall–Kier alpha value is -2.15. The molecule has 2 N–H and O–H groups in total. The highest BCUT2D eigenvalue weighted by molar-refractivity contribution is 6.33. The normalized spacial score (nSPS) is 17.6. The van der Waals surface area contributed by atoms with E-state index in [1.165, 1.54) is 6.07 Å². The van der Waals surface area contributed by atoms with Crippen molar-refractivity contribution < 1.29 is 18.8 Å². The number of nitrogens with one attached hydrogen (secondary N) is 2. The fourth-order valence-corrected chi connectivity index (χ4v) is 2.35. The molecule has 22 heavy (non-hydrogen) atoms. The molecule has 1 aliphatic heterocycles. The number of anilines is 1. The van der Waals surface area contributed by atoms with Gasteiger partial charge >= 0.3 is 6.03 Å². The Morgan fingerprint density at radius 1 is 1.45 bits per heavy atom. The van der Waals surface area contributed by atoms with Crippen LogP contribution in [-0.2, 0) is 9.59 Å². The highest BCUT2D eigenvalue weighted by Crippen LogP contribution is 2.22. The van der Waals surface area contributed by atoms with E-state index in [0.717, 1.165) is 23.5 Å². The van der Waals surface area contributed by atoms with Crippen LogP contribution in [0.5, 0.6) is 0 Å². The number of nitrogens with zero attached hydrogens (tertiary/aromatic N) is 1. The van der Waals surface area contributed by atoms with Crippen LogP contribution < -0.4 is 10.6 Å². The summed E-state index contributed by atoms with van der Waals surface area (Å²) in [4.78, 5) is 36.5. The number of imide groups is 1. The predicted octanol–water partition coefficient (Wildman–Crippen LogP) is 2.14. The van der Waals surface area contributed by atoms with Crippen LogP contribution in [0.1, 0.15) is 19.8 Å². The molecule has 0 bridgehead atoms. The number of benzene rings is 1. The first kappa shape index (κ1) is 16.2. The van der Waals surface area contributed by atoms with Crippen molar-refractivity contribution >= 4 is 35.1 Å². The van der Waals surface area contributed by atoms with E-state index in [1.54, 1.807) is 0 Å². The van der Waals surface area contributed by atoms with Gasteiger partial charge in [0.15, 0.2) is 0 Å². The summed E-state index contributed by atoms with van der Waals surface area (Å²) in [6.07, 6.45) is 1.26. The molecule has 6 nitrogen and oxygen atoms in total. The second-order valence-corrected chi connectivity index (χ2v) is 5.29. The molecule has 1 heterocycles. The third-order valence-corrected chi connectivity index (χ3v) is 3.50. The van der Waals surface area contributed by atoms with E-state index < -0.39 is 36.2 Å². The zero-order valence-corrected chi connectivity index (χ0v) is 12.6. The van der Waals surface area contributed by atoms with Gasteiger partial charge in [0, 0.05) is 0 Å². The van der Waals surface area contributed by atoms with E-state index in [-0.39, 0.29) is 10.7 Å². The topological polar surface area (TPSA) is 78.5 Å². The third-order valence-electron chi connectivity index (χ3n) is 3.19. The molecule has 0 aliphatic carbocycles. The van der Waals surface area contributed by atoms with Gasteiger partial charge in [-0.05, 0) is 24.6 Å². The Kier molecular flexibility index (Phi) is 4.97. The van der Waals surface area contributed by atoms with E-state index >= 15 is 0 Å². The molecule has 2 rings (SSSR count). The quantitative estimate of drug-likeness (QED) is 0.813. The van der Waals surface area contributed by atoms with Crippen LogP contribution in [0.2, 0.25) is 5.02 Å². The summed E-state index contributed by atoms with van der Waals surface area (Å²) in [5, 5.41) is 5.00. The predicted molar refractivity (Wildman–Crippen MR) is 79.0 cm³/mol. The molecule has 1 fully saturated rings. The SMILES string of the molecule is CCC[C@@H]1NC(=O)N(CC(=O)Nc2ccc(F)cc2Cl)C1=O. The monoisotopic (exact) mass is 327 g/mol. The van der Waals surface area contributed by atoms with Gasteiger partial charge in [0.05, 0.1) is 10.7 Å². The van der Waals surface area contributed by atoms with Gasteiger partial charge in [0.1, 0.15) is 18.4 Å². The van der Waals surface area contributed by atoms with E-state index in [0.29, 0.717) is 6.42 Å². The Balaban J connectivity index is 2.00. The van der Waals surface area contributed by atoms with Gasteiger partial charge in [-0.15, -0.1) is 0 Å². The first-order valence-corrected chi connectivity index (χ1v) is 7.17. The lowest BCUT2D eigenvalue weighted by Crippen LogP contribution is -2.38. The largest absolute Gasteiger partial charge is 0.326 e. The summed E-state index contributed by atoms with van der Waals surface area (Å²) in [5.41, 5.74) is 0.213. The minimum absolute atomic E-state index is 0.0365. The molecule has 0 unspecified atom stereocenters. The average Bonchev–Trinajstić information content (AvgIpc) is 2.70. The van der Waals surface area contributed by atoms with E-state index in [2.05, 4.69) is 10.6 Å². The summed E-state index contributed by atoms with van der Waals surface area (Å²) in [5.74, 6) is -1.54. The molecule has 0 saturated carbocycles. The molecule has 1 aromatic carbocycles. The van der Waals surface area contributed by atoms with Crippen molar-refractivity contribution in [2.45, 2.75) is 25.8 Å². The van der Waals surface area contributed by atoms with Crippen molar-refractivity contribution in [1.29, 1.82) is 0 Å². The molecule has 118 valence electrons. The number of amides is 4. The summed E-state index contributed by atoms with van der Waals surface area (Å²) in [7, 11) is 0. The Morgan fingerprint density at radius 2 is 2.18 bits per heavy atom. The van der Waals surface area contributed by atoms with Crippen molar-refractivity contribution in [2.75, 3.05) is 11.9 Å². The highest BCUT2D eigenvalue weighted by atomic mass is 35.5. The summed E-state index contributed by atoms with van der Waals surface area (Å²) >= 11 is 5.80. The van der Waals surface area contributed by atoms with Crippen LogP contribution in [0, 0.1) is 5.82 Å². The highest BCUT2D eigenvalue weighted by Gasteiger charge is 2.38. The minimum Gasteiger partial charge on any atom is -0.326 e. The van der Waals surface area contributed by atoms with Crippen LogP contribution in [-0.4, -0.2) is 35.3 Å². The number of hydrogen-bond acceptors (Lipinski definition) is 3. The van der Waals surface area contributed by atoms with Crippen molar-refractivity contribution in [3.63, 3.8) is 0 Å². The molecular formula is C14H15ClFN3O3. The first-order valence-electron chi connectivity index (χ1n) is 6.79. The lowest BCUT2D eigenvalue weighted by Gasteiger charge is -2.13. The van der Waals surface area contributed by atoms with Crippen molar-refractivity contribution in [3.8, 4) is 0 Å². The minimum atomic E-state index is -0.594. The molecular weight excluding hydrogens is 313 g/mol. The lowest BCUT2D eigenvalue weighted by atomic mass is 10.2. The van der Waals surface area contributed by atoms with Crippen molar-refractivity contribution in [3.05, 3.63) is 29.0 Å². The maximum Gasteiger partial charge on any atom is 0.325 e. The Morgan fingerprint density at radius 3 is 2.82 bits per heavy atom. The van der Waals surface area contributed by atoms with Crippen LogP contribution in [0.4, 0.5) is 14.9 Å². The fraction of sp³-hybridized carbons (Fsp3) is 0.357. The molecule has 0 aromatic heterocycles. The molecule has 1 saturated heterocycles. The fourth-order valence-electron chi connectivity index (χ4n) is 2.14. The van der Waals surface area contributed by atoms with Gasteiger partial charge in [-0.3, -0.25) is 14.5 Å². The number of rotatable bonds is 5. The number of hydrogen-bond donors (Lipinski definition) is 2. The second-order valence-electron chi connectivity index (χ2n) is 4.89. The van der Waals surface area contributed by atoms with Gasteiger partial charge in [0.2, 0.25) is 5.91 Å². The molecule has 0 spiro atoms. The average molecular weight is 328 g/mol. The van der Waals surface area contributed by atoms with E-state index in [1.807, 2.05) is 6.92 Å². The molecule has 1 aliphatic rings. The van der Waals surface area contributed by atoms with Gasteiger partial charge in [-0.2, -0.15) is 0 Å². The smallest absolute Gasteiger partial charge is 0.325 e. The molecule has 1 atom stereocenters. The zero-order chi connectivity index (χ0) is 16.3. The summed E-state index contributed by atoms with van der Waals surface area (Å²) in [6, 6.07) is 2.33. The lowest BCUT2D eigenvalue weighted by molar-refractivity contribution is -0.130. The summed E-state index contributed by atoms with van der Waals surface area (Å²) in [6.45, 7) is 1.48. The van der Waals surface area contributed by atoms with E-state index in [4.69, 9.17) is 11.6 Å². The Bertz CT molecular complexity index is 623. The first-order chi connectivity index (χ1) is 10.4. The van der Waals surface area contributed by atoms with Crippen LogP contribution in [0.25, 0.3) is 0 Å². The van der Waals surface area contributed by atoms with Crippen molar-refractivity contribution in [1.82, 2.24) is 10.2 Å². The summed E-state index contributed by atoms with van der Waals surface area (Å²) < 4.78 is 12.9. The van der Waals surface area contributed by atoms with Gasteiger partial charge < -0.3 is 10.6 Å². The Labute approximate surface area is 131 Å². The second kappa shape index (κ2) is 6.74. The van der Waals surface area contributed by atoms with Crippen LogP contribution in [0.3, 0.4) is 0 Å². The standard InChI is InChI=1S/C14H15ClFN3O3/c1-2-3-11-13(21)19(14(22)18-11)7-12(20)17-10-5-4-8(16)6-9(10)15/h4-6,11H,2-3,7H2,1H3,(H,17,20)(H,18,22)/t11-/m0/s1.